The van der Waals surface area contributed by atoms with Crippen molar-refractivity contribution in [1.82, 2.24) is 5.32 Å². The van der Waals surface area contributed by atoms with Crippen molar-refractivity contribution in [2.24, 2.45) is 0 Å². The van der Waals surface area contributed by atoms with Crippen LogP contribution in [-0.2, 0) is 4.79 Å². The van der Waals surface area contributed by atoms with Gasteiger partial charge in [-0.1, -0.05) is 18.2 Å². The van der Waals surface area contributed by atoms with Crippen LogP contribution in [0.4, 0.5) is 0 Å². The molecule has 0 aliphatic carbocycles. The molecule has 3 aromatic rings. The fraction of sp³-hybridized carbons (Fsp3) is 0.174. The number of amides is 1. The van der Waals surface area contributed by atoms with Gasteiger partial charge in [0.25, 0.3) is 0 Å². The van der Waals surface area contributed by atoms with Gasteiger partial charge in [0.15, 0.2) is 11.5 Å². The lowest BCUT2D eigenvalue weighted by Gasteiger charge is -2.21. The lowest BCUT2D eigenvalue weighted by molar-refractivity contribution is -0.116. The van der Waals surface area contributed by atoms with E-state index in [2.05, 4.69) is 5.32 Å². The van der Waals surface area contributed by atoms with Crippen LogP contribution in [0.15, 0.2) is 71.4 Å². The maximum atomic E-state index is 12.6. The minimum atomic E-state index is -0.394. The number of methoxy groups -OCH3 is 3. The summed E-state index contributed by atoms with van der Waals surface area (Å²) in [5.74, 6) is 2.30. The Bertz CT molecular complexity index is 961. The molecule has 0 fully saturated rings. The van der Waals surface area contributed by atoms with Crippen molar-refractivity contribution >= 4 is 12.0 Å². The molecule has 0 spiro atoms. The number of hydrogen-bond acceptors (Lipinski definition) is 5. The van der Waals surface area contributed by atoms with Gasteiger partial charge in [-0.25, -0.2) is 0 Å². The number of carbonyl (C=O) groups excluding carboxylic acids is 1. The Hall–Kier alpha value is -3.67. The van der Waals surface area contributed by atoms with E-state index >= 15 is 0 Å². The molecule has 0 aliphatic rings. The lowest BCUT2D eigenvalue weighted by atomic mass is 9.98. The van der Waals surface area contributed by atoms with Crippen LogP contribution in [0.25, 0.3) is 6.08 Å². The second kappa shape index (κ2) is 9.50. The monoisotopic (exact) mass is 393 g/mol. The van der Waals surface area contributed by atoms with Crippen LogP contribution in [0.3, 0.4) is 0 Å². The average Bonchev–Trinajstić information content (AvgIpc) is 3.29. The minimum absolute atomic E-state index is 0.253. The lowest BCUT2D eigenvalue weighted by Crippen LogP contribution is -2.27. The largest absolute Gasteiger partial charge is 0.497 e. The van der Waals surface area contributed by atoms with Gasteiger partial charge in [0.05, 0.1) is 33.6 Å². The SMILES string of the molecule is COc1ccc([C@H](NC(=O)/C=C/c2ccco2)c2ccc(OC)c(OC)c2)cc1. The van der Waals surface area contributed by atoms with Crippen LogP contribution in [0, 0.1) is 0 Å². The van der Waals surface area contributed by atoms with Crippen molar-refractivity contribution < 1.29 is 23.4 Å². The number of benzene rings is 2. The average molecular weight is 393 g/mol. The third-order valence-electron chi connectivity index (χ3n) is 4.42. The molecule has 0 aliphatic heterocycles. The highest BCUT2D eigenvalue weighted by atomic mass is 16.5. The van der Waals surface area contributed by atoms with E-state index in [1.807, 2.05) is 42.5 Å². The molecule has 0 saturated carbocycles. The number of carbonyl (C=O) groups is 1. The standard InChI is InChI=1S/C23H23NO5/c1-26-18-9-6-16(7-10-18)23(17-8-12-20(27-2)21(15-17)28-3)24-22(25)13-11-19-5-4-14-29-19/h4-15,23H,1-3H3,(H,24,25)/b13-11+/t23-/m0/s1. The van der Waals surface area contributed by atoms with E-state index in [4.69, 9.17) is 18.6 Å². The molecule has 0 saturated heterocycles. The first kappa shape index (κ1) is 20.1. The maximum absolute atomic E-state index is 12.6. The van der Waals surface area contributed by atoms with Gasteiger partial charge in [-0.2, -0.15) is 0 Å². The minimum Gasteiger partial charge on any atom is -0.497 e. The van der Waals surface area contributed by atoms with Crippen LogP contribution in [0.1, 0.15) is 22.9 Å². The fourth-order valence-electron chi connectivity index (χ4n) is 2.92. The van der Waals surface area contributed by atoms with Crippen LogP contribution in [0.5, 0.6) is 17.2 Å². The number of nitrogens with one attached hydrogen (secondary N) is 1. The quantitative estimate of drug-likeness (QED) is 0.580. The Morgan fingerprint density at radius 1 is 0.931 bits per heavy atom. The maximum Gasteiger partial charge on any atom is 0.244 e. The summed E-state index contributed by atoms with van der Waals surface area (Å²) < 4.78 is 21.2. The molecular weight excluding hydrogens is 370 g/mol. The molecular formula is C23H23NO5. The summed E-state index contributed by atoms with van der Waals surface area (Å²) in [6, 6.07) is 16.2. The molecule has 1 atom stereocenters. The van der Waals surface area contributed by atoms with Gasteiger partial charge in [0.1, 0.15) is 11.5 Å². The zero-order valence-electron chi connectivity index (χ0n) is 16.5. The molecule has 3 rings (SSSR count). The Balaban J connectivity index is 1.91. The normalized spacial score (nSPS) is 11.8. The van der Waals surface area contributed by atoms with E-state index in [9.17, 15) is 4.79 Å². The summed E-state index contributed by atoms with van der Waals surface area (Å²) in [6.07, 6.45) is 4.62. The zero-order chi connectivity index (χ0) is 20.6. The summed E-state index contributed by atoms with van der Waals surface area (Å²) in [4.78, 5) is 12.6. The van der Waals surface area contributed by atoms with Gasteiger partial charge in [-0.15, -0.1) is 0 Å². The molecule has 6 nitrogen and oxygen atoms in total. The van der Waals surface area contributed by atoms with Crippen molar-refractivity contribution in [3.63, 3.8) is 0 Å². The predicted molar refractivity (Wildman–Crippen MR) is 110 cm³/mol. The topological polar surface area (TPSA) is 69.9 Å². The Kier molecular flexibility index (Phi) is 6.58. The third kappa shape index (κ3) is 4.99. The molecule has 1 aromatic heterocycles. The van der Waals surface area contributed by atoms with E-state index in [-0.39, 0.29) is 5.91 Å². The molecule has 0 unspecified atom stereocenters. The third-order valence-corrected chi connectivity index (χ3v) is 4.42. The molecule has 1 heterocycles. The summed E-state index contributed by atoms with van der Waals surface area (Å²) in [5, 5.41) is 3.03. The summed E-state index contributed by atoms with van der Waals surface area (Å²) >= 11 is 0. The molecule has 29 heavy (non-hydrogen) atoms. The molecule has 2 aromatic carbocycles. The molecule has 6 heteroatoms. The van der Waals surface area contributed by atoms with Crippen molar-refractivity contribution in [1.29, 1.82) is 0 Å². The summed E-state index contributed by atoms with van der Waals surface area (Å²) in [6.45, 7) is 0. The van der Waals surface area contributed by atoms with Gasteiger partial charge < -0.3 is 23.9 Å². The van der Waals surface area contributed by atoms with Gasteiger partial charge in [-0.05, 0) is 53.6 Å². The van der Waals surface area contributed by atoms with Crippen LogP contribution in [-0.4, -0.2) is 27.2 Å². The first-order valence-corrected chi connectivity index (χ1v) is 9.02. The summed E-state index contributed by atoms with van der Waals surface area (Å²) in [7, 11) is 4.77. The summed E-state index contributed by atoms with van der Waals surface area (Å²) in [5.41, 5.74) is 1.75. The van der Waals surface area contributed by atoms with E-state index in [1.165, 1.54) is 6.08 Å². The number of furan rings is 1. The molecule has 1 N–H and O–H groups in total. The smallest absolute Gasteiger partial charge is 0.244 e. The van der Waals surface area contributed by atoms with Crippen molar-refractivity contribution in [3.05, 3.63) is 83.8 Å². The van der Waals surface area contributed by atoms with Gasteiger partial charge in [-0.3, -0.25) is 4.79 Å². The first-order chi connectivity index (χ1) is 14.1. The first-order valence-electron chi connectivity index (χ1n) is 9.02. The van der Waals surface area contributed by atoms with Crippen molar-refractivity contribution in [2.75, 3.05) is 21.3 Å². The highest BCUT2D eigenvalue weighted by Crippen LogP contribution is 2.32. The Morgan fingerprint density at radius 2 is 1.66 bits per heavy atom. The number of ether oxygens (including phenoxy) is 3. The van der Waals surface area contributed by atoms with E-state index in [0.29, 0.717) is 17.3 Å². The molecule has 0 bridgehead atoms. The van der Waals surface area contributed by atoms with Gasteiger partial charge >= 0.3 is 0 Å². The van der Waals surface area contributed by atoms with E-state index < -0.39 is 6.04 Å². The van der Waals surface area contributed by atoms with E-state index in [1.54, 1.807) is 45.8 Å². The highest BCUT2D eigenvalue weighted by molar-refractivity contribution is 5.91. The van der Waals surface area contributed by atoms with Crippen molar-refractivity contribution in [2.45, 2.75) is 6.04 Å². The van der Waals surface area contributed by atoms with Crippen LogP contribution >= 0.6 is 0 Å². The number of hydrogen-bond donors (Lipinski definition) is 1. The van der Waals surface area contributed by atoms with Crippen molar-refractivity contribution in [3.8, 4) is 17.2 Å². The number of rotatable bonds is 8. The zero-order valence-corrected chi connectivity index (χ0v) is 16.5. The molecule has 1 amide bonds. The van der Waals surface area contributed by atoms with Crippen LogP contribution < -0.4 is 19.5 Å². The second-order valence-electron chi connectivity index (χ2n) is 6.18. The highest BCUT2D eigenvalue weighted by Gasteiger charge is 2.18. The predicted octanol–water partition coefficient (Wildman–Crippen LogP) is 4.22. The van der Waals surface area contributed by atoms with Gasteiger partial charge in [0, 0.05) is 6.08 Å². The van der Waals surface area contributed by atoms with Crippen LogP contribution in [0.2, 0.25) is 0 Å². The van der Waals surface area contributed by atoms with Gasteiger partial charge in [0.2, 0.25) is 5.91 Å². The Labute approximate surface area is 169 Å². The molecule has 0 radical (unpaired) electrons. The Morgan fingerprint density at radius 3 is 2.28 bits per heavy atom. The van der Waals surface area contributed by atoms with E-state index in [0.717, 1.165) is 16.9 Å². The second-order valence-corrected chi connectivity index (χ2v) is 6.18. The molecule has 150 valence electrons. The fourth-order valence-corrected chi connectivity index (χ4v) is 2.92.